The van der Waals surface area contributed by atoms with Gasteiger partial charge in [-0.1, -0.05) is 6.92 Å². The Morgan fingerprint density at radius 2 is 2.16 bits per heavy atom. The fourth-order valence-corrected chi connectivity index (χ4v) is 2.40. The first kappa shape index (κ1) is 14.4. The second kappa shape index (κ2) is 5.51. The Bertz CT molecular complexity index is 538. The van der Waals surface area contributed by atoms with Crippen molar-refractivity contribution in [2.75, 3.05) is 6.61 Å². The predicted molar refractivity (Wildman–Crippen MR) is 68.3 cm³/mol. The zero-order valence-electron chi connectivity index (χ0n) is 10.3. The van der Waals surface area contributed by atoms with Crippen LogP contribution in [0, 0.1) is 4.77 Å². The van der Waals surface area contributed by atoms with Crippen LogP contribution >= 0.6 is 12.2 Å². The van der Waals surface area contributed by atoms with Crippen molar-refractivity contribution in [2.45, 2.75) is 37.9 Å². The van der Waals surface area contributed by atoms with Gasteiger partial charge in [0.2, 0.25) is 0 Å². The molecule has 0 aliphatic carbocycles. The molecule has 0 radical (unpaired) electrons. The summed E-state index contributed by atoms with van der Waals surface area (Å²) in [6.07, 6.45) is -4.00. The monoisotopic (exact) mass is 288 g/mol. The van der Waals surface area contributed by atoms with E-state index in [4.69, 9.17) is 22.1 Å². The van der Waals surface area contributed by atoms with E-state index in [0.717, 1.165) is 4.57 Å². The molecule has 0 bridgehead atoms. The third-order valence-electron chi connectivity index (χ3n) is 3.17. The number of aromatic amines is 1. The number of ether oxygens (including phenoxy) is 1. The standard InChI is InChI=1S/C11H16N2O5S/c1-2-5-3-7(15)13(11(19)12-5)10-9(17)8(16)6(4-14)18-10/h3,6,8-10,14,16-17H,2,4H2,1H3,(H,12,19)/t6-,8-,9+,10+/m1/s1. The molecule has 8 heteroatoms. The molecule has 1 aliphatic rings. The lowest BCUT2D eigenvalue weighted by Gasteiger charge is -2.17. The first-order chi connectivity index (χ1) is 8.99. The van der Waals surface area contributed by atoms with E-state index in [2.05, 4.69) is 4.98 Å². The fraction of sp³-hybridized carbons (Fsp3) is 0.636. The van der Waals surface area contributed by atoms with Crippen molar-refractivity contribution in [3.63, 3.8) is 0 Å². The van der Waals surface area contributed by atoms with Crippen molar-refractivity contribution < 1.29 is 20.1 Å². The molecule has 4 N–H and O–H groups in total. The van der Waals surface area contributed by atoms with Crippen LogP contribution in [0.5, 0.6) is 0 Å². The zero-order chi connectivity index (χ0) is 14.2. The highest BCUT2D eigenvalue weighted by molar-refractivity contribution is 7.71. The van der Waals surface area contributed by atoms with E-state index >= 15 is 0 Å². The molecule has 0 saturated carbocycles. The van der Waals surface area contributed by atoms with Crippen LogP contribution in [0.1, 0.15) is 18.8 Å². The maximum absolute atomic E-state index is 12.0. The van der Waals surface area contributed by atoms with Crippen molar-refractivity contribution in [1.82, 2.24) is 9.55 Å². The molecule has 1 aliphatic heterocycles. The Kier molecular flexibility index (Phi) is 4.16. The van der Waals surface area contributed by atoms with Crippen molar-refractivity contribution in [3.8, 4) is 0 Å². The van der Waals surface area contributed by atoms with E-state index in [9.17, 15) is 15.0 Å². The maximum Gasteiger partial charge on any atom is 0.256 e. The summed E-state index contributed by atoms with van der Waals surface area (Å²) in [4.78, 5) is 14.8. The van der Waals surface area contributed by atoms with Crippen molar-refractivity contribution in [2.24, 2.45) is 0 Å². The van der Waals surface area contributed by atoms with E-state index in [1.807, 2.05) is 6.92 Å². The molecule has 1 aromatic rings. The van der Waals surface area contributed by atoms with E-state index in [-0.39, 0.29) is 4.77 Å². The lowest BCUT2D eigenvalue weighted by molar-refractivity contribution is -0.0555. The molecule has 4 atom stereocenters. The predicted octanol–water partition coefficient (Wildman–Crippen LogP) is -0.920. The quantitative estimate of drug-likeness (QED) is 0.536. The fourth-order valence-electron chi connectivity index (χ4n) is 2.08. The van der Waals surface area contributed by atoms with Gasteiger partial charge in [0.25, 0.3) is 5.56 Å². The van der Waals surface area contributed by atoms with E-state index in [1.54, 1.807) is 0 Å². The van der Waals surface area contributed by atoms with Crippen LogP contribution in [-0.2, 0) is 11.2 Å². The lowest BCUT2D eigenvalue weighted by Crippen LogP contribution is -2.36. The van der Waals surface area contributed by atoms with E-state index in [0.29, 0.717) is 12.1 Å². The Morgan fingerprint density at radius 3 is 2.63 bits per heavy atom. The second-order valence-corrected chi connectivity index (χ2v) is 4.78. The summed E-state index contributed by atoms with van der Waals surface area (Å²) >= 11 is 5.07. The minimum absolute atomic E-state index is 0.110. The van der Waals surface area contributed by atoms with Gasteiger partial charge in [-0.25, -0.2) is 0 Å². The number of hydrogen-bond donors (Lipinski definition) is 4. The first-order valence-corrected chi connectivity index (χ1v) is 6.37. The average molecular weight is 288 g/mol. The van der Waals surface area contributed by atoms with E-state index < -0.39 is 36.7 Å². The SMILES string of the molecule is CCc1cc(=O)n([C@H]2O[C@H](CO)[C@@H](O)[C@@H]2O)c(=S)[nH]1. The molecule has 0 aromatic carbocycles. The Balaban J connectivity index is 2.44. The number of aromatic nitrogens is 2. The molecule has 0 spiro atoms. The normalized spacial score (nSPS) is 30.7. The molecule has 1 saturated heterocycles. The van der Waals surface area contributed by atoms with Gasteiger partial charge >= 0.3 is 0 Å². The molecule has 0 amide bonds. The van der Waals surface area contributed by atoms with Crippen LogP contribution < -0.4 is 5.56 Å². The van der Waals surface area contributed by atoms with Gasteiger partial charge in [0, 0.05) is 11.8 Å². The second-order valence-electron chi connectivity index (χ2n) is 4.39. The molecule has 106 valence electrons. The van der Waals surface area contributed by atoms with Crippen molar-refractivity contribution in [3.05, 3.63) is 26.9 Å². The minimum Gasteiger partial charge on any atom is -0.394 e. The van der Waals surface area contributed by atoms with Gasteiger partial charge in [-0.05, 0) is 18.6 Å². The summed E-state index contributed by atoms with van der Waals surface area (Å²) in [5.74, 6) is 0. The number of aryl methyl sites for hydroxylation is 1. The van der Waals surface area contributed by atoms with Crippen molar-refractivity contribution >= 4 is 12.2 Å². The van der Waals surface area contributed by atoms with Gasteiger partial charge in [-0.3, -0.25) is 9.36 Å². The Morgan fingerprint density at radius 1 is 1.47 bits per heavy atom. The number of aliphatic hydroxyl groups is 3. The summed E-state index contributed by atoms with van der Waals surface area (Å²) in [5.41, 5.74) is 0.258. The molecule has 1 fully saturated rings. The van der Waals surface area contributed by atoms with Gasteiger partial charge in [-0.15, -0.1) is 0 Å². The summed E-state index contributed by atoms with van der Waals surface area (Å²) in [6, 6.07) is 1.37. The topological polar surface area (TPSA) is 108 Å². The number of aliphatic hydroxyl groups excluding tert-OH is 3. The van der Waals surface area contributed by atoms with Crippen LogP contribution in [0.15, 0.2) is 10.9 Å². The number of hydrogen-bond acceptors (Lipinski definition) is 6. The highest BCUT2D eigenvalue weighted by atomic mass is 32.1. The van der Waals surface area contributed by atoms with Crippen LogP contribution in [0.4, 0.5) is 0 Å². The summed E-state index contributed by atoms with van der Waals surface area (Å²) in [7, 11) is 0. The Labute approximate surface area is 114 Å². The Hall–Kier alpha value is -1.06. The van der Waals surface area contributed by atoms with Gasteiger partial charge in [0.05, 0.1) is 6.61 Å². The molecule has 19 heavy (non-hydrogen) atoms. The number of nitrogens with one attached hydrogen (secondary N) is 1. The maximum atomic E-state index is 12.0. The van der Waals surface area contributed by atoms with Crippen LogP contribution in [0.3, 0.4) is 0 Å². The lowest BCUT2D eigenvalue weighted by atomic mass is 10.1. The molecule has 0 unspecified atom stereocenters. The first-order valence-electron chi connectivity index (χ1n) is 5.96. The third kappa shape index (κ3) is 2.49. The van der Waals surface area contributed by atoms with Gasteiger partial charge in [0.15, 0.2) is 11.0 Å². The number of nitrogens with zero attached hydrogens (tertiary/aromatic N) is 1. The van der Waals surface area contributed by atoms with E-state index in [1.165, 1.54) is 6.07 Å². The largest absolute Gasteiger partial charge is 0.394 e. The molecule has 2 rings (SSSR count). The van der Waals surface area contributed by atoms with Crippen LogP contribution in [-0.4, -0.2) is 49.8 Å². The zero-order valence-corrected chi connectivity index (χ0v) is 11.1. The smallest absolute Gasteiger partial charge is 0.256 e. The molecule has 7 nitrogen and oxygen atoms in total. The molecule has 2 heterocycles. The summed E-state index contributed by atoms with van der Waals surface area (Å²) < 4.78 is 6.46. The summed E-state index contributed by atoms with van der Waals surface area (Å²) in [5, 5.41) is 28.6. The number of H-pyrrole nitrogens is 1. The van der Waals surface area contributed by atoms with Crippen molar-refractivity contribution in [1.29, 1.82) is 0 Å². The van der Waals surface area contributed by atoms with Gasteiger partial charge in [0.1, 0.15) is 18.3 Å². The number of rotatable bonds is 3. The van der Waals surface area contributed by atoms with Crippen LogP contribution in [0.2, 0.25) is 0 Å². The third-order valence-corrected chi connectivity index (χ3v) is 3.47. The highest BCUT2D eigenvalue weighted by Gasteiger charge is 2.44. The molecular weight excluding hydrogens is 272 g/mol. The average Bonchev–Trinajstić information content (AvgIpc) is 2.66. The molecule has 1 aromatic heterocycles. The van der Waals surface area contributed by atoms with Gasteiger partial charge < -0.3 is 25.0 Å². The molecular formula is C11H16N2O5S. The van der Waals surface area contributed by atoms with Crippen LogP contribution in [0.25, 0.3) is 0 Å². The highest BCUT2D eigenvalue weighted by Crippen LogP contribution is 2.28. The van der Waals surface area contributed by atoms with Gasteiger partial charge in [-0.2, -0.15) is 0 Å². The minimum atomic E-state index is -1.32. The summed E-state index contributed by atoms with van der Waals surface area (Å²) in [6.45, 7) is 1.42.